The Labute approximate surface area is 171 Å². The molecule has 7 nitrogen and oxygen atoms in total. The molecule has 3 aromatic rings. The molecule has 1 aliphatic heterocycles. The van der Waals surface area contributed by atoms with Crippen LogP contribution in [0.2, 0.25) is 0 Å². The van der Waals surface area contributed by atoms with Crippen LogP contribution in [0, 0.1) is 0 Å². The summed E-state index contributed by atoms with van der Waals surface area (Å²) in [4.78, 5) is 15.6. The molecule has 2 aromatic heterocycles. The maximum Gasteiger partial charge on any atom is 0.223 e. The molecular weight excluding hydrogens is 364 g/mol. The van der Waals surface area contributed by atoms with Gasteiger partial charge in [0.1, 0.15) is 0 Å². The molecule has 0 amide bonds. The van der Waals surface area contributed by atoms with Gasteiger partial charge in [0.25, 0.3) is 0 Å². The SMILES string of the molecule is c1cncc(NCc2cccc(-c3ccnc(NCCN4CCOCC4)n3)c2)c1. The minimum absolute atomic E-state index is 0.662. The van der Waals surface area contributed by atoms with Crippen LogP contribution in [-0.4, -0.2) is 59.2 Å². The van der Waals surface area contributed by atoms with Gasteiger partial charge in [0.05, 0.1) is 24.6 Å². The zero-order valence-electron chi connectivity index (χ0n) is 16.4. The smallest absolute Gasteiger partial charge is 0.223 e. The number of ether oxygens (including phenoxy) is 1. The van der Waals surface area contributed by atoms with Gasteiger partial charge < -0.3 is 15.4 Å². The normalized spacial score (nSPS) is 14.5. The van der Waals surface area contributed by atoms with E-state index in [1.54, 1.807) is 12.4 Å². The topological polar surface area (TPSA) is 75.2 Å². The van der Waals surface area contributed by atoms with Crippen molar-refractivity contribution in [3.63, 3.8) is 0 Å². The zero-order valence-corrected chi connectivity index (χ0v) is 16.4. The Balaban J connectivity index is 1.36. The van der Waals surface area contributed by atoms with Gasteiger partial charge in [0.15, 0.2) is 0 Å². The highest BCUT2D eigenvalue weighted by Gasteiger charge is 2.10. The van der Waals surface area contributed by atoms with Crippen molar-refractivity contribution < 1.29 is 4.74 Å². The second-order valence-electron chi connectivity index (χ2n) is 6.94. The Morgan fingerprint density at radius 1 is 1.00 bits per heavy atom. The van der Waals surface area contributed by atoms with E-state index in [9.17, 15) is 0 Å². The molecule has 0 bridgehead atoms. The van der Waals surface area contributed by atoms with Crippen molar-refractivity contribution in [2.24, 2.45) is 0 Å². The minimum atomic E-state index is 0.662. The van der Waals surface area contributed by atoms with Crippen molar-refractivity contribution >= 4 is 11.6 Å². The van der Waals surface area contributed by atoms with E-state index < -0.39 is 0 Å². The molecule has 29 heavy (non-hydrogen) atoms. The summed E-state index contributed by atoms with van der Waals surface area (Å²) in [5, 5.41) is 6.73. The molecule has 0 unspecified atom stereocenters. The summed E-state index contributed by atoms with van der Waals surface area (Å²) in [6.07, 6.45) is 5.40. The monoisotopic (exact) mass is 390 g/mol. The van der Waals surface area contributed by atoms with E-state index in [0.29, 0.717) is 5.95 Å². The first-order chi connectivity index (χ1) is 14.4. The molecule has 0 radical (unpaired) electrons. The highest BCUT2D eigenvalue weighted by molar-refractivity contribution is 5.61. The third kappa shape index (κ3) is 5.73. The lowest BCUT2D eigenvalue weighted by Crippen LogP contribution is -2.39. The molecule has 3 heterocycles. The van der Waals surface area contributed by atoms with Gasteiger partial charge in [-0.15, -0.1) is 0 Å². The van der Waals surface area contributed by atoms with Crippen molar-refractivity contribution in [3.8, 4) is 11.3 Å². The molecule has 0 aliphatic carbocycles. The molecule has 1 aromatic carbocycles. The van der Waals surface area contributed by atoms with Gasteiger partial charge in [-0.05, 0) is 29.8 Å². The molecular formula is C22H26N6O. The van der Waals surface area contributed by atoms with Crippen molar-refractivity contribution in [2.45, 2.75) is 6.54 Å². The number of nitrogens with zero attached hydrogens (tertiary/aromatic N) is 4. The first kappa shape index (κ1) is 19.3. The summed E-state index contributed by atoms with van der Waals surface area (Å²) >= 11 is 0. The summed E-state index contributed by atoms with van der Waals surface area (Å²) in [5.41, 5.74) is 4.18. The predicted molar refractivity (Wildman–Crippen MR) is 115 cm³/mol. The summed E-state index contributed by atoms with van der Waals surface area (Å²) in [7, 11) is 0. The summed E-state index contributed by atoms with van der Waals surface area (Å²) < 4.78 is 5.39. The molecule has 0 saturated carbocycles. The van der Waals surface area contributed by atoms with E-state index in [4.69, 9.17) is 4.74 Å². The number of nitrogens with one attached hydrogen (secondary N) is 2. The van der Waals surface area contributed by atoms with E-state index in [-0.39, 0.29) is 0 Å². The Kier molecular flexibility index (Phi) is 6.62. The molecule has 1 saturated heterocycles. The highest BCUT2D eigenvalue weighted by atomic mass is 16.5. The lowest BCUT2D eigenvalue weighted by atomic mass is 10.1. The average molecular weight is 390 g/mol. The Hall–Kier alpha value is -3.03. The van der Waals surface area contributed by atoms with E-state index >= 15 is 0 Å². The number of anilines is 2. The Morgan fingerprint density at radius 2 is 1.93 bits per heavy atom. The average Bonchev–Trinajstić information content (AvgIpc) is 2.80. The van der Waals surface area contributed by atoms with Gasteiger partial charge >= 0.3 is 0 Å². The third-order valence-corrected chi connectivity index (χ3v) is 4.85. The maximum absolute atomic E-state index is 5.39. The molecule has 1 aliphatic rings. The largest absolute Gasteiger partial charge is 0.380 e. The Bertz CT molecular complexity index is 899. The fourth-order valence-corrected chi connectivity index (χ4v) is 3.27. The Morgan fingerprint density at radius 3 is 2.79 bits per heavy atom. The zero-order chi connectivity index (χ0) is 19.7. The van der Waals surface area contributed by atoms with Crippen LogP contribution >= 0.6 is 0 Å². The molecule has 150 valence electrons. The first-order valence-corrected chi connectivity index (χ1v) is 9.97. The van der Waals surface area contributed by atoms with E-state index in [0.717, 1.165) is 62.9 Å². The van der Waals surface area contributed by atoms with Gasteiger partial charge in [-0.25, -0.2) is 9.97 Å². The number of hydrogen-bond acceptors (Lipinski definition) is 7. The van der Waals surface area contributed by atoms with Crippen molar-refractivity contribution in [1.29, 1.82) is 0 Å². The molecule has 2 N–H and O–H groups in total. The molecule has 4 rings (SSSR count). The summed E-state index contributed by atoms with van der Waals surface area (Å²) in [5.74, 6) is 0.662. The van der Waals surface area contributed by atoms with Gasteiger partial charge in [-0.3, -0.25) is 9.88 Å². The number of rotatable bonds is 8. The molecule has 1 fully saturated rings. The lowest BCUT2D eigenvalue weighted by Gasteiger charge is -2.26. The number of aromatic nitrogens is 3. The van der Waals surface area contributed by atoms with Crippen LogP contribution in [0.15, 0.2) is 61.1 Å². The molecule has 0 spiro atoms. The van der Waals surface area contributed by atoms with Gasteiger partial charge in [0.2, 0.25) is 5.95 Å². The van der Waals surface area contributed by atoms with E-state index in [1.165, 1.54) is 5.56 Å². The second-order valence-corrected chi connectivity index (χ2v) is 6.94. The summed E-state index contributed by atoms with van der Waals surface area (Å²) in [6.45, 7) is 6.13. The van der Waals surface area contributed by atoms with Crippen molar-refractivity contribution in [2.75, 3.05) is 50.0 Å². The number of hydrogen-bond donors (Lipinski definition) is 2. The van der Waals surface area contributed by atoms with Crippen LogP contribution in [0.25, 0.3) is 11.3 Å². The highest BCUT2D eigenvalue weighted by Crippen LogP contribution is 2.20. The number of morpholine rings is 1. The van der Waals surface area contributed by atoms with Crippen LogP contribution in [0.1, 0.15) is 5.56 Å². The van der Waals surface area contributed by atoms with Gasteiger partial charge in [-0.2, -0.15) is 0 Å². The first-order valence-electron chi connectivity index (χ1n) is 9.97. The fourth-order valence-electron chi connectivity index (χ4n) is 3.27. The number of benzene rings is 1. The predicted octanol–water partition coefficient (Wildman–Crippen LogP) is 2.89. The number of pyridine rings is 1. The van der Waals surface area contributed by atoms with E-state index in [2.05, 4.69) is 54.8 Å². The standard InChI is InChI=1S/C22H26N6O/c1-3-18(16-26-20-5-2-7-23-17-20)15-19(4-1)21-6-8-24-22(27-21)25-9-10-28-11-13-29-14-12-28/h1-8,15,17,26H,9-14,16H2,(H,24,25,27). The van der Waals surface area contributed by atoms with Crippen molar-refractivity contribution in [3.05, 3.63) is 66.6 Å². The lowest BCUT2D eigenvalue weighted by molar-refractivity contribution is 0.0398. The van der Waals surface area contributed by atoms with Crippen LogP contribution < -0.4 is 10.6 Å². The third-order valence-electron chi connectivity index (χ3n) is 4.85. The van der Waals surface area contributed by atoms with Crippen LogP contribution in [0.3, 0.4) is 0 Å². The van der Waals surface area contributed by atoms with Gasteiger partial charge in [0, 0.05) is 56.9 Å². The molecule has 7 heteroatoms. The second kappa shape index (κ2) is 9.95. The summed E-state index contributed by atoms with van der Waals surface area (Å²) in [6, 6.07) is 14.3. The quantitative estimate of drug-likeness (QED) is 0.612. The van der Waals surface area contributed by atoms with Crippen LogP contribution in [0.4, 0.5) is 11.6 Å². The molecule has 0 atom stereocenters. The minimum Gasteiger partial charge on any atom is -0.380 e. The van der Waals surface area contributed by atoms with E-state index in [1.807, 2.05) is 24.4 Å². The van der Waals surface area contributed by atoms with Gasteiger partial charge in [-0.1, -0.05) is 18.2 Å². The fraction of sp³-hybridized carbons (Fsp3) is 0.318. The van der Waals surface area contributed by atoms with Crippen LogP contribution in [-0.2, 0) is 11.3 Å². The maximum atomic E-state index is 5.39. The van der Waals surface area contributed by atoms with Crippen molar-refractivity contribution in [1.82, 2.24) is 19.9 Å². The van der Waals surface area contributed by atoms with Crippen LogP contribution in [0.5, 0.6) is 0 Å².